The average Bonchev–Trinajstić information content (AvgIpc) is 3.19. The molecule has 0 N–H and O–H groups in total. The topological polar surface area (TPSA) is 114 Å². The van der Waals surface area contributed by atoms with E-state index in [-0.39, 0.29) is 31.4 Å². The van der Waals surface area contributed by atoms with Crippen LogP contribution in [0.4, 0.5) is 5.69 Å². The highest BCUT2D eigenvalue weighted by Gasteiger charge is 2.22. The van der Waals surface area contributed by atoms with Crippen molar-refractivity contribution in [2.24, 2.45) is 0 Å². The first-order valence-electron chi connectivity index (χ1n) is 8.09. The molecule has 0 amide bonds. The maximum atomic E-state index is 12.2. The molecule has 1 aliphatic rings. The number of nitrogens with zero attached hydrogens (tertiary/aromatic N) is 3. The lowest BCUT2D eigenvalue weighted by Gasteiger charge is -2.20. The molecule has 0 fully saturated rings. The normalized spacial score (nSPS) is 13.0. The van der Waals surface area contributed by atoms with Gasteiger partial charge in [0.1, 0.15) is 28.5 Å². The number of thioether (sulfide) groups is 1. The fourth-order valence-electron chi connectivity index (χ4n) is 2.70. The zero-order chi connectivity index (χ0) is 19.5. The third-order valence-corrected chi connectivity index (χ3v) is 5.72. The van der Waals surface area contributed by atoms with Crippen molar-refractivity contribution < 1.29 is 23.9 Å². The molecule has 3 heterocycles. The molecular formula is C17H13N3O6S2. The second-order valence-electron chi connectivity index (χ2n) is 5.73. The third-order valence-electron chi connectivity index (χ3n) is 3.92. The maximum absolute atomic E-state index is 12.2. The lowest BCUT2D eigenvalue weighted by Crippen LogP contribution is -2.15. The summed E-state index contributed by atoms with van der Waals surface area (Å²) in [5, 5.41) is 14.6. The first-order valence-corrected chi connectivity index (χ1v) is 9.95. The molecule has 1 aliphatic heterocycles. The highest BCUT2D eigenvalue weighted by atomic mass is 32.2. The second kappa shape index (κ2) is 8.09. The van der Waals surface area contributed by atoms with Gasteiger partial charge in [-0.15, -0.1) is 11.3 Å². The van der Waals surface area contributed by atoms with Crippen LogP contribution in [0.2, 0.25) is 0 Å². The van der Waals surface area contributed by atoms with Crippen molar-refractivity contribution in [1.29, 1.82) is 0 Å². The zero-order valence-electron chi connectivity index (χ0n) is 14.3. The SMILES string of the molecule is O=C(CSc1ncnc2sccc12)OCc1cc([N+](=O)[O-])cc2c1OCOC2. The van der Waals surface area contributed by atoms with Crippen LogP contribution in [0.25, 0.3) is 10.2 Å². The molecule has 144 valence electrons. The predicted molar refractivity (Wildman–Crippen MR) is 101 cm³/mol. The number of hydrogen-bond donors (Lipinski definition) is 0. The van der Waals surface area contributed by atoms with Gasteiger partial charge in [-0.2, -0.15) is 0 Å². The van der Waals surface area contributed by atoms with E-state index in [0.717, 1.165) is 10.2 Å². The molecule has 2 aromatic heterocycles. The Kier molecular flexibility index (Phi) is 5.37. The van der Waals surface area contributed by atoms with Crippen LogP contribution in [0.15, 0.2) is 34.9 Å². The number of non-ortho nitro benzene ring substituents is 1. The summed E-state index contributed by atoms with van der Waals surface area (Å²) in [6.07, 6.45) is 1.46. The largest absolute Gasteiger partial charge is 0.467 e. The number of thiophene rings is 1. The lowest BCUT2D eigenvalue weighted by atomic mass is 10.1. The van der Waals surface area contributed by atoms with E-state index < -0.39 is 10.9 Å². The molecule has 0 radical (unpaired) electrons. The molecule has 1 aromatic carbocycles. The number of carbonyl (C=O) groups excluding carboxylic acids is 1. The molecule has 0 atom stereocenters. The Morgan fingerprint density at radius 1 is 1.39 bits per heavy atom. The Labute approximate surface area is 166 Å². The van der Waals surface area contributed by atoms with Crippen molar-refractivity contribution in [3.63, 3.8) is 0 Å². The van der Waals surface area contributed by atoms with E-state index in [2.05, 4.69) is 9.97 Å². The minimum absolute atomic E-state index is 0.0476. The third kappa shape index (κ3) is 3.91. The van der Waals surface area contributed by atoms with Crippen LogP contribution >= 0.6 is 23.1 Å². The van der Waals surface area contributed by atoms with E-state index in [1.165, 1.54) is 41.6 Å². The number of ether oxygens (including phenoxy) is 3. The average molecular weight is 419 g/mol. The highest BCUT2D eigenvalue weighted by Crippen LogP contribution is 2.33. The molecule has 0 aliphatic carbocycles. The van der Waals surface area contributed by atoms with Crippen molar-refractivity contribution in [2.75, 3.05) is 12.5 Å². The van der Waals surface area contributed by atoms with Gasteiger partial charge in [0.2, 0.25) is 0 Å². The van der Waals surface area contributed by atoms with Gasteiger partial charge in [-0.1, -0.05) is 11.8 Å². The Hall–Kier alpha value is -2.76. The summed E-state index contributed by atoms with van der Waals surface area (Å²) in [6, 6.07) is 4.66. The van der Waals surface area contributed by atoms with Gasteiger partial charge in [0.05, 0.1) is 17.3 Å². The number of hydrogen-bond acceptors (Lipinski definition) is 10. The van der Waals surface area contributed by atoms with Crippen LogP contribution in [0.5, 0.6) is 5.75 Å². The first-order chi connectivity index (χ1) is 13.6. The molecule has 28 heavy (non-hydrogen) atoms. The Balaban J connectivity index is 1.42. The summed E-state index contributed by atoms with van der Waals surface area (Å²) >= 11 is 2.76. The van der Waals surface area contributed by atoms with E-state index in [0.29, 0.717) is 21.9 Å². The van der Waals surface area contributed by atoms with Gasteiger partial charge < -0.3 is 14.2 Å². The molecule has 0 unspecified atom stereocenters. The number of benzene rings is 1. The second-order valence-corrected chi connectivity index (χ2v) is 7.59. The quantitative estimate of drug-likeness (QED) is 0.195. The summed E-state index contributed by atoms with van der Waals surface area (Å²) in [7, 11) is 0. The number of aromatic nitrogens is 2. The summed E-state index contributed by atoms with van der Waals surface area (Å²) < 4.78 is 15.9. The number of carbonyl (C=O) groups is 1. The fraction of sp³-hybridized carbons (Fsp3) is 0.235. The van der Waals surface area contributed by atoms with E-state index in [4.69, 9.17) is 14.2 Å². The van der Waals surface area contributed by atoms with Crippen molar-refractivity contribution in [3.05, 3.63) is 51.1 Å². The Bertz CT molecular complexity index is 1050. The van der Waals surface area contributed by atoms with Crippen molar-refractivity contribution in [2.45, 2.75) is 18.2 Å². The van der Waals surface area contributed by atoms with E-state index in [9.17, 15) is 14.9 Å². The van der Waals surface area contributed by atoms with Crippen molar-refractivity contribution >= 4 is 45.0 Å². The molecule has 0 spiro atoms. The lowest BCUT2D eigenvalue weighted by molar-refractivity contribution is -0.385. The molecule has 9 nitrogen and oxygen atoms in total. The molecule has 0 saturated heterocycles. The molecule has 11 heteroatoms. The predicted octanol–water partition coefficient (Wildman–Crippen LogP) is 3.30. The van der Waals surface area contributed by atoms with Gasteiger partial charge >= 0.3 is 5.97 Å². The number of nitro groups is 1. The first kappa shape index (κ1) is 18.6. The Morgan fingerprint density at radius 2 is 2.29 bits per heavy atom. The minimum Gasteiger partial charge on any atom is -0.467 e. The molecular weight excluding hydrogens is 406 g/mol. The van der Waals surface area contributed by atoms with Crippen LogP contribution in [0.3, 0.4) is 0 Å². The molecule has 4 rings (SSSR count). The van der Waals surface area contributed by atoms with Crippen LogP contribution in [0, 0.1) is 10.1 Å². The van der Waals surface area contributed by atoms with E-state index >= 15 is 0 Å². The Morgan fingerprint density at radius 3 is 3.14 bits per heavy atom. The van der Waals surface area contributed by atoms with Crippen molar-refractivity contribution in [3.8, 4) is 5.75 Å². The number of fused-ring (bicyclic) bond motifs is 2. The zero-order valence-corrected chi connectivity index (χ0v) is 16.0. The van der Waals surface area contributed by atoms with Crippen LogP contribution < -0.4 is 4.74 Å². The van der Waals surface area contributed by atoms with E-state index in [1.807, 2.05) is 11.4 Å². The summed E-state index contributed by atoms with van der Waals surface area (Å²) in [5.74, 6) is 0.0654. The number of nitro benzene ring substituents is 1. The number of rotatable bonds is 6. The van der Waals surface area contributed by atoms with Gasteiger partial charge in [0, 0.05) is 28.6 Å². The summed E-state index contributed by atoms with van der Waals surface area (Å²) in [6.45, 7) is 0.130. The number of esters is 1. The highest BCUT2D eigenvalue weighted by molar-refractivity contribution is 8.00. The fourth-order valence-corrected chi connectivity index (χ4v) is 4.28. The standard InChI is InChI=1S/C17H13N3O6S2/c21-14(7-28-17-13-1-2-27-16(13)18-8-19-17)25-6-11-4-12(20(22)23)3-10-5-24-9-26-15(10)11/h1-4,8H,5-7,9H2. The van der Waals surface area contributed by atoms with Crippen molar-refractivity contribution in [1.82, 2.24) is 9.97 Å². The van der Waals surface area contributed by atoms with E-state index in [1.54, 1.807) is 0 Å². The smallest absolute Gasteiger partial charge is 0.316 e. The van der Waals surface area contributed by atoms with Crippen LogP contribution in [-0.4, -0.2) is 33.4 Å². The van der Waals surface area contributed by atoms with Gasteiger partial charge in [0.15, 0.2) is 6.79 Å². The van der Waals surface area contributed by atoms with Crippen LogP contribution in [0.1, 0.15) is 11.1 Å². The van der Waals surface area contributed by atoms with Gasteiger partial charge in [-0.3, -0.25) is 14.9 Å². The summed E-state index contributed by atoms with van der Waals surface area (Å²) in [4.78, 5) is 32.0. The van der Waals surface area contributed by atoms with Gasteiger partial charge in [0.25, 0.3) is 5.69 Å². The molecule has 0 bridgehead atoms. The minimum atomic E-state index is -0.503. The summed E-state index contributed by atoms with van der Waals surface area (Å²) in [5.41, 5.74) is 0.893. The van der Waals surface area contributed by atoms with Gasteiger partial charge in [-0.05, 0) is 11.4 Å². The molecule has 3 aromatic rings. The maximum Gasteiger partial charge on any atom is 0.316 e. The van der Waals surface area contributed by atoms with Crippen LogP contribution in [-0.2, 0) is 27.5 Å². The molecule has 0 saturated carbocycles. The van der Waals surface area contributed by atoms with Gasteiger partial charge in [-0.25, -0.2) is 9.97 Å². The monoisotopic (exact) mass is 419 g/mol.